The number of carbonyl (C=O) groups is 2. The molecule has 4 rings (SSSR count). The van der Waals surface area contributed by atoms with Gasteiger partial charge in [0.15, 0.2) is 0 Å². The smallest absolute Gasteiger partial charge is 0.306 e. The SMILES string of the molecule is COC(=O)CCC(=O)N1Cc2ccccc2-c2nnn(C)c2-c2ccccc21. The second-order valence-corrected chi connectivity index (χ2v) is 6.64. The minimum Gasteiger partial charge on any atom is -0.469 e. The van der Waals surface area contributed by atoms with Crippen LogP contribution in [-0.4, -0.2) is 34.0 Å². The van der Waals surface area contributed by atoms with Gasteiger partial charge < -0.3 is 9.64 Å². The number of anilines is 1. The quantitative estimate of drug-likeness (QED) is 0.657. The number of nitrogens with zero attached hydrogens (tertiary/aromatic N) is 4. The van der Waals surface area contributed by atoms with Crippen LogP contribution in [0.4, 0.5) is 5.69 Å². The summed E-state index contributed by atoms with van der Waals surface area (Å²) in [5.74, 6) is -0.529. The molecule has 2 aromatic carbocycles. The maximum Gasteiger partial charge on any atom is 0.306 e. The van der Waals surface area contributed by atoms with E-state index in [0.29, 0.717) is 6.54 Å². The Labute approximate surface area is 162 Å². The molecule has 3 aromatic rings. The average molecular weight is 376 g/mol. The van der Waals surface area contributed by atoms with Crippen LogP contribution < -0.4 is 4.90 Å². The Balaban J connectivity index is 1.87. The summed E-state index contributed by atoms with van der Waals surface area (Å²) in [5.41, 5.74) is 5.24. The van der Waals surface area contributed by atoms with Gasteiger partial charge in [-0.3, -0.25) is 9.59 Å². The molecule has 0 unspecified atom stereocenters. The fourth-order valence-electron chi connectivity index (χ4n) is 3.56. The van der Waals surface area contributed by atoms with E-state index in [1.165, 1.54) is 7.11 Å². The first kappa shape index (κ1) is 17.9. The number of fused-ring (bicyclic) bond motifs is 5. The normalized spacial score (nSPS) is 12.3. The van der Waals surface area contributed by atoms with E-state index in [0.717, 1.165) is 33.8 Å². The highest BCUT2D eigenvalue weighted by Gasteiger charge is 2.28. The van der Waals surface area contributed by atoms with E-state index in [2.05, 4.69) is 15.0 Å². The van der Waals surface area contributed by atoms with E-state index in [9.17, 15) is 9.59 Å². The first-order valence-electron chi connectivity index (χ1n) is 9.04. The lowest BCUT2D eigenvalue weighted by Crippen LogP contribution is -2.32. The van der Waals surface area contributed by atoms with E-state index >= 15 is 0 Å². The number of hydrogen-bond donors (Lipinski definition) is 0. The minimum atomic E-state index is -0.396. The van der Waals surface area contributed by atoms with Crippen LogP contribution in [0, 0.1) is 0 Å². The monoisotopic (exact) mass is 376 g/mol. The highest BCUT2D eigenvalue weighted by atomic mass is 16.5. The van der Waals surface area contributed by atoms with Gasteiger partial charge in [-0.25, -0.2) is 4.68 Å². The summed E-state index contributed by atoms with van der Waals surface area (Å²) < 4.78 is 6.41. The van der Waals surface area contributed by atoms with Gasteiger partial charge in [0.2, 0.25) is 5.91 Å². The maximum atomic E-state index is 13.1. The molecule has 0 atom stereocenters. The Bertz CT molecular complexity index is 1060. The highest BCUT2D eigenvalue weighted by molar-refractivity contribution is 6.00. The summed E-state index contributed by atoms with van der Waals surface area (Å²) in [4.78, 5) is 26.3. The third kappa shape index (κ3) is 3.05. The summed E-state index contributed by atoms with van der Waals surface area (Å²) in [6, 6.07) is 15.6. The molecular formula is C21H20N4O3. The van der Waals surface area contributed by atoms with Gasteiger partial charge in [-0.2, -0.15) is 0 Å². The molecule has 0 fully saturated rings. The molecule has 0 saturated carbocycles. The van der Waals surface area contributed by atoms with E-state index in [1.807, 2.05) is 55.6 Å². The summed E-state index contributed by atoms with van der Waals surface area (Å²) in [5, 5.41) is 8.61. The van der Waals surface area contributed by atoms with Crippen molar-refractivity contribution in [2.45, 2.75) is 19.4 Å². The molecule has 28 heavy (non-hydrogen) atoms. The van der Waals surface area contributed by atoms with Gasteiger partial charge in [-0.05, 0) is 11.6 Å². The number of amides is 1. The maximum absolute atomic E-state index is 13.1. The van der Waals surface area contributed by atoms with Crippen molar-refractivity contribution in [1.82, 2.24) is 15.0 Å². The van der Waals surface area contributed by atoms with Crippen molar-refractivity contribution >= 4 is 17.6 Å². The second-order valence-electron chi connectivity index (χ2n) is 6.64. The highest BCUT2D eigenvalue weighted by Crippen LogP contribution is 2.40. The summed E-state index contributed by atoms with van der Waals surface area (Å²) >= 11 is 0. The first-order chi connectivity index (χ1) is 13.6. The number of benzene rings is 2. The molecule has 0 saturated heterocycles. The molecule has 0 radical (unpaired) electrons. The summed E-state index contributed by atoms with van der Waals surface area (Å²) in [6.07, 6.45) is 0.133. The van der Waals surface area contributed by atoms with E-state index < -0.39 is 5.97 Å². The molecule has 142 valence electrons. The van der Waals surface area contributed by atoms with Crippen LogP contribution in [0.5, 0.6) is 0 Å². The third-order valence-electron chi connectivity index (χ3n) is 4.95. The molecule has 0 spiro atoms. The first-order valence-corrected chi connectivity index (χ1v) is 9.04. The third-order valence-corrected chi connectivity index (χ3v) is 4.95. The van der Waals surface area contributed by atoms with Crippen LogP contribution in [0.25, 0.3) is 22.5 Å². The number of ether oxygens (including phenoxy) is 1. The Hall–Kier alpha value is -3.48. The molecule has 0 bridgehead atoms. The van der Waals surface area contributed by atoms with Crippen molar-refractivity contribution in [1.29, 1.82) is 0 Å². The number of aromatic nitrogens is 3. The molecule has 1 aliphatic rings. The summed E-state index contributed by atoms with van der Waals surface area (Å²) in [7, 11) is 3.17. The average Bonchev–Trinajstić information content (AvgIpc) is 3.09. The molecule has 2 heterocycles. The van der Waals surface area contributed by atoms with Gasteiger partial charge >= 0.3 is 5.97 Å². The number of hydrogen-bond acceptors (Lipinski definition) is 5. The Morgan fingerprint density at radius 3 is 2.54 bits per heavy atom. The largest absolute Gasteiger partial charge is 0.469 e. The zero-order chi connectivity index (χ0) is 19.7. The number of methoxy groups -OCH3 is 1. The van der Waals surface area contributed by atoms with Crippen molar-refractivity contribution in [3.8, 4) is 22.5 Å². The number of rotatable bonds is 3. The number of carbonyl (C=O) groups excluding carboxylic acids is 2. The Morgan fingerprint density at radius 2 is 1.75 bits per heavy atom. The van der Waals surface area contributed by atoms with Gasteiger partial charge in [0.05, 0.1) is 31.5 Å². The second kappa shape index (κ2) is 7.26. The minimum absolute atomic E-state index is 0.0498. The van der Waals surface area contributed by atoms with Crippen molar-refractivity contribution < 1.29 is 14.3 Å². The Kier molecular flexibility index (Phi) is 4.65. The van der Waals surface area contributed by atoms with Crippen molar-refractivity contribution in [2.24, 2.45) is 7.05 Å². The molecule has 7 nitrogen and oxygen atoms in total. The molecular weight excluding hydrogens is 356 g/mol. The van der Waals surface area contributed by atoms with Crippen LogP contribution in [0.2, 0.25) is 0 Å². The molecule has 7 heteroatoms. The fraction of sp³-hybridized carbons (Fsp3) is 0.238. The number of esters is 1. The standard InChI is InChI=1S/C21H20N4O3/c1-24-21-16-9-5-6-10-17(16)25(18(26)11-12-19(27)28-2)13-14-7-3-4-8-15(14)20(21)22-23-24/h3-10H,11-13H2,1-2H3. The predicted molar refractivity (Wildman–Crippen MR) is 104 cm³/mol. The van der Waals surface area contributed by atoms with Gasteiger partial charge in [0.25, 0.3) is 0 Å². The van der Waals surface area contributed by atoms with E-state index in [-0.39, 0.29) is 18.7 Å². The van der Waals surface area contributed by atoms with Crippen LogP contribution in [0.3, 0.4) is 0 Å². The van der Waals surface area contributed by atoms with Gasteiger partial charge in [-0.1, -0.05) is 47.7 Å². The van der Waals surface area contributed by atoms with Crippen LogP contribution in [0.1, 0.15) is 18.4 Å². The summed E-state index contributed by atoms with van der Waals surface area (Å²) in [6.45, 7) is 0.392. The van der Waals surface area contributed by atoms with Crippen molar-refractivity contribution in [3.63, 3.8) is 0 Å². The molecule has 1 amide bonds. The molecule has 0 N–H and O–H groups in total. The zero-order valence-electron chi connectivity index (χ0n) is 15.8. The number of para-hydroxylation sites is 1. The van der Waals surface area contributed by atoms with Gasteiger partial charge in [-0.15, -0.1) is 5.10 Å². The topological polar surface area (TPSA) is 77.3 Å². The predicted octanol–water partition coefficient (Wildman–Crippen LogP) is 2.95. The Morgan fingerprint density at radius 1 is 1.04 bits per heavy atom. The van der Waals surface area contributed by atoms with Gasteiger partial charge in [0.1, 0.15) is 5.69 Å². The molecule has 0 aliphatic carbocycles. The lowest BCUT2D eigenvalue weighted by molar-refractivity contribution is -0.141. The van der Waals surface area contributed by atoms with Gasteiger partial charge in [0, 0.05) is 24.6 Å². The van der Waals surface area contributed by atoms with Crippen LogP contribution in [0.15, 0.2) is 48.5 Å². The lowest BCUT2D eigenvalue weighted by atomic mass is 9.95. The van der Waals surface area contributed by atoms with E-state index in [4.69, 9.17) is 0 Å². The van der Waals surface area contributed by atoms with Crippen LogP contribution in [-0.2, 0) is 27.9 Å². The van der Waals surface area contributed by atoms with Crippen molar-refractivity contribution in [3.05, 3.63) is 54.1 Å². The number of aryl methyl sites for hydroxylation is 1. The molecule has 1 aromatic heterocycles. The zero-order valence-corrected chi connectivity index (χ0v) is 15.8. The van der Waals surface area contributed by atoms with Crippen molar-refractivity contribution in [2.75, 3.05) is 12.0 Å². The van der Waals surface area contributed by atoms with E-state index in [1.54, 1.807) is 9.58 Å². The molecule has 1 aliphatic heterocycles. The van der Waals surface area contributed by atoms with Crippen LogP contribution >= 0.6 is 0 Å². The lowest BCUT2D eigenvalue weighted by Gasteiger charge is -2.28. The fourth-order valence-corrected chi connectivity index (χ4v) is 3.56.